The number of carbonyl (C=O) groups excluding carboxylic acids is 1. The van der Waals surface area contributed by atoms with Crippen LogP contribution in [0.3, 0.4) is 0 Å². The molecule has 2 N–H and O–H groups in total. The second-order valence-electron chi connectivity index (χ2n) is 4.31. The van der Waals surface area contributed by atoms with E-state index in [2.05, 4.69) is 16.6 Å². The molecule has 2 rings (SSSR count). The maximum atomic E-state index is 11.3. The number of ether oxygens (including phenoxy) is 1. The third-order valence-corrected chi connectivity index (χ3v) is 2.87. The molecule has 4 nitrogen and oxygen atoms in total. The van der Waals surface area contributed by atoms with Gasteiger partial charge in [0.05, 0.1) is 12.7 Å². The van der Waals surface area contributed by atoms with E-state index in [0.717, 1.165) is 11.1 Å². The number of carbonyl (C=O) groups is 1. The third kappa shape index (κ3) is 3.96. The number of hydrogen-bond acceptors (Lipinski definition) is 4. The molecule has 2 aromatic carbocycles. The van der Waals surface area contributed by atoms with E-state index in [1.807, 2.05) is 0 Å². The predicted molar refractivity (Wildman–Crippen MR) is 80.0 cm³/mol. The largest absolute Gasteiger partial charge is 0.488 e. The molecule has 0 amide bonds. The molecule has 0 spiro atoms. The first kappa shape index (κ1) is 14.9. The highest BCUT2D eigenvalue weighted by molar-refractivity contribution is 6.58. The molecule has 0 saturated carbocycles. The lowest BCUT2D eigenvalue weighted by molar-refractivity contribution is 0.0600. The molecule has 0 bridgehead atoms. The first-order valence-corrected chi connectivity index (χ1v) is 6.26. The first-order chi connectivity index (χ1) is 10.1. The topological polar surface area (TPSA) is 66.8 Å². The minimum atomic E-state index is -1.47. The molecule has 0 fully saturated rings. The van der Waals surface area contributed by atoms with E-state index >= 15 is 0 Å². The molecule has 104 valence electrons. The van der Waals surface area contributed by atoms with Gasteiger partial charge in [-0.1, -0.05) is 24.0 Å². The number of rotatable bonds is 2. The van der Waals surface area contributed by atoms with Crippen LogP contribution in [0.5, 0.6) is 0 Å². The lowest BCUT2D eigenvalue weighted by Crippen LogP contribution is -2.29. The molecule has 0 aliphatic carbocycles. The fourth-order valence-corrected chi connectivity index (χ4v) is 1.69. The van der Waals surface area contributed by atoms with E-state index in [9.17, 15) is 4.79 Å². The number of methoxy groups -OCH3 is 1. The van der Waals surface area contributed by atoms with E-state index in [0.29, 0.717) is 11.0 Å². The summed E-state index contributed by atoms with van der Waals surface area (Å²) in [6.07, 6.45) is 0. The van der Waals surface area contributed by atoms with Crippen LogP contribution in [0.1, 0.15) is 21.5 Å². The number of esters is 1. The van der Waals surface area contributed by atoms with Crippen molar-refractivity contribution in [2.24, 2.45) is 0 Å². The van der Waals surface area contributed by atoms with Crippen LogP contribution in [0.4, 0.5) is 0 Å². The van der Waals surface area contributed by atoms with Crippen LogP contribution in [-0.4, -0.2) is 30.2 Å². The quantitative estimate of drug-likeness (QED) is 0.479. The Kier molecular flexibility index (Phi) is 4.78. The van der Waals surface area contributed by atoms with Gasteiger partial charge < -0.3 is 14.8 Å². The normalized spacial score (nSPS) is 9.48. The van der Waals surface area contributed by atoms with Gasteiger partial charge in [-0.3, -0.25) is 0 Å². The molecule has 0 heterocycles. The molecular formula is C16H13BO4. The summed E-state index contributed by atoms with van der Waals surface area (Å²) in [6.45, 7) is 0. The van der Waals surface area contributed by atoms with Gasteiger partial charge in [0.25, 0.3) is 0 Å². The third-order valence-electron chi connectivity index (χ3n) is 2.87. The van der Waals surface area contributed by atoms with Crippen molar-refractivity contribution in [1.29, 1.82) is 0 Å². The van der Waals surface area contributed by atoms with Crippen molar-refractivity contribution in [1.82, 2.24) is 0 Å². The summed E-state index contributed by atoms with van der Waals surface area (Å²) in [5, 5.41) is 18.0. The zero-order chi connectivity index (χ0) is 15.2. The van der Waals surface area contributed by atoms with Crippen molar-refractivity contribution in [2.45, 2.75) is 0 Å². The predicted octanol–water partition coefficient (Wildman–Crippen LogP) is 0.553. The zero-order valence-corrected chi connectivity index (χ0v) is 11.4. The Labute approximate surface area is 123 Å². The molecule has 21 heavy (non-hydrogen) atoms. The smallest absolute Gasteiger partial charge is 0.465 e. The van der Waals surface area contributed by atoms with Crippen molar-refractivity contribution in [3.05, 3.63) is 65.2 Å². The van der Waals surface area contributed by atoms with Crippen LogP contribution in [0, 0.1) is 11.8 Å². The maximum absolute atomic E-state index is 11.3. The SMILES string of the molecule is COC(=O)c1ccc(C#Cc2ccc(B(O)O)cc2)cc1. The molecule has 0 atom stereocenters. The average molecular weight is 280 g/mol. The van der Waals surface area contributed by atoms with Crippen molar-refractivity contribution in [2.75, 3.05) is 7.11 Å². The van der Waals surface area contributed by atoms with E-state index < -0.39 is 7.12 Å². The standard InChI is InChI=1S/C16H13BO4/c1-21-16(18)14-8-4-12(5-9-14)2-3-13-6-10-15(11-7-13)17(19)20/h4-11,19-20H,1H3. The molecular weight excluding hydrogens is 267 g/mol. The summed E-state index contributed by atoms with van der Waals surface area (Å²) in [5.41, 5.74) is 2.43. The Bertz CT molecular complexity index is 679. The lowest BCUT2D eigenvalue weighted by Gasteiger charge is -1.99. The second-order valence-corrected chi connectivity index (χ2v) is 4.31. The summed E-state index contributed by atoms with van der Waals surface area (Å²) in [6, 6.07) is 13.4. The average Bonchev–Trinajstić information content (AvgIpc) is 2.53. The molecule has 0 unspecified atom stereocenters. The second kappa shape index (κ2) is 6.75. The minimum Gasteiger partial charge on any atom is -0.465 e. The van der Waals surface area contributed by atoms with Crippen molar-refractivity contribution < 1.29 is 19.6 Å². The van der Waals surface area contributed by atoms with Gasteiger partial charge in [0.15, 0.2) is 0 Å². The van der Waals surface area contributed by atoms with Gasteiger partial charge in [-0.2, -0.15) is 0 Å². The van der Waals surface area contributed by atoms with E-state index in [1.54, 1.807) is 48.5 Å². The van der Waals surface area contributed by atoms with Gasteiger partial charge in [-0.15, -0.1) is 0 Å². The Hall–Kier alpha value is -2.55. The van der Waals surface area contributed by atoms with Crippen LogP contribution in [0.15, 0.2) is 48.5 Å². The Balaban J connectivity index is 2.13. The van der Waals surface area contributed by atoms with Gasteiger partial charge >= 0.3 is 13.1 Å². The van der Waals surface area contributed by atoms with Crippen molar-refractivity contribution >= 4 is 18.6 Å². The van der Waals surface area contributed by atoms with E-state index in [1.165, 1.54) is 7.11 Å². The zero-order valence-electron chi connectivity index (χ0n) is 11.4. The first-order valence-electron chi connectivity index (χ1n) is 6.26. The maximum Gasteiger partial charge on any atom is 0.488 e. The molecule has 2 aromatic rings. The van der Waals surface area contributed by atoms with E-state index in [-0.39, 0.29) is 5.97 Å². The minimum absolute atomic E-state index is 0.382. The Morgan fingerprint density at radius 1 is 0.952 bits per heavy atom. The molecule has 0 aromatic heterocycles. The highest BCUT2D eigenvalue weighted by Gasteiger charge is 2.09. The highest BCUT2D eigenvalue weighted by atomic mass is 16.5. The fourth-order valence-electron chi connectivity index (χ4n) is 1.69. The fraction of sp³-hybridized carbons (Fsp3) is 0.0625. The summed E-state index contributed by atoms with van der Waals surface area (Å²) in [4.78, 5) is 11.3. The monoisotopic (exact) mass is 280 g/mol. The van der Waals surface area contributed by atoms with Crippen LogP contribution >= 0.6 is 0 Å². The summed E-state index contributed by atoms with van der Waals surface area (Å²) < 4.78 is 4.62. The molecule has 0 aliphatic rings. The summed E-state index contributed by atoms with van der Waals surface area (Å²) in [5.74, 6) is 5.55. The van der Waals surface area contributed by atoms with Crippen LogP contribution in [0.25, 0.3) is 0 Å². The summed E-state index contributed by atoms with van der Waals surface area (Å²) >= 11 is 0. The van der Waals surface area contributed by atoms with Crippen LogP contribution < -0.4 is 5.46 Å². The Morgan fingerprint density at radius 3 is 1.86 bits per heavy atom. The van der Waals surface area contributed by atoms with Gasteiger partial charge in [0, 0.05) is 11.1 Å². The van der Waals surface area contributed by atoms with Gasteiger partial charge in [-0.25, -0.2) is 4.79 Å². The van der Waals surface area contributed by atoms with Crippen LogP contribution in [-0.2, 0) is 4.74 Å². The molecule has 0 aliphatic heterocycles. The van der Waals surface area contributed by atoms with Crippen molar-refractivity contribution in [3.63, 3.8) is 0 Å². The number of hydrogen-bond donors (Lipinski definition) is 2. The lowest BCUT2D eigenvalue weighted by atomic mass is 9.80. The van der Waals surface area contributed by atoms with Gasteiger partial charge in [0.2, 0.25) is 0 Å². The molecule has 5 heteroatoms. The number of benzene rings is 2. The molecule has 0 saturated heterocycles. The van der Waals surface area contributed by atoms with Gasteiger partial charge in [0.1, 0.15) is 0 Å². The van der Waals surface area contributed by atoms with Gasteiger partial charge in [-0.05, 0) is 41.9 Å². The van der Waals surface area contributed by atoms with Crippen LogP contribution in [0.2, 0.25) is 0 Å². The summed E-state index contributed by atoms with van der Waals surface area (Å²) in [7, 11) is -0.138. The molecule has 0 radical (unpaired) electrons. The van der Waals surface area contributed by atoms with Crippen molar-refractivity contribution in [3.8, 4) is 11.8 Å². The highest BCUT2D eigenvalue weighted by Crippen LogP contribution is 2.05. The Morgan fingerprint density at radius 2 is 1.43 bits per heavy atom. The van der Waals surface area contributed by atoms with E-state index in [4.69, 9.17) is 10.0 Å².